The van der Waals surface area contributed by atoms with E-state index in [1.165, 1.54) is 23.4 Å². The van der Waals surface area contributed by atoms with Gasteiger partial charge in [0.15, 0.2) is 0 Å². The number of halogens is 1. The predicted molar refractivity (Wildman–Crippen MR) is 112 cm³/mol. The van der Waals surface area contributed by atoms with Crippen molar-refractivity contribution in [1.82, 2.24) is 10.2 Å². The van der Waals surface area contributed by atoms with Crippen molar-refractivity contribution in [3.63, 3.8) is 0 Å². The van der Waals surface area contributed by atoms with Crippen LogP contribution in [0.1, 0.15) is 24.5 Å². The molecule has 2 aromatic carbocycles. The fraction of sp³-hybridized carbons (Fsp3) is 0.435. The molecular weight excluding hydrogens is 353 g/mol. The maximum Gasteiger partial charge on any atom is 0.224 e. The van der Waals surface area contributed by atoms with Crippen LogP contribution >= 0.6 is 0 Å². The van der Waals surface area contributed by atoms with Gasteiger partial charge in [-0.3, -0.25) is 9.69 Å². The van der Waals surface area contributed by atoms with Gasteiger partial charge in [0, 0.05) is 44.5 Å². The van der Waals surface area contributed by atoms with E-state index in [1.54, 1.807) is 12.1 Å². The second-order valence-corrected chi connectivity index (χ2v) is 7.73. The minimum Gasteiger partial charge on any atom is -0.369 e. The fourth-order valence-electron chi connectivity index (χ4n) is 3.62. The lowest BCUT2D eigenvalue weighted by atomic mass is 10.1. The number of carbonyl (C=O) groups excluding carboxylic acids is 1. The molecule has 0 aromatic heterocycles. The van der Waals surface area contributed by atoms with Gasteiger partial charge in [0.25, 0.3) is 0 Å². The van der Waals surface area contributed by atoms with E-state index in [-0.39, 0.29) is 17.8 Å². The summed E-state index contributed by atoms with van der Waals surface area (Å²) in [5, 5.41) is 3.05. The molecule has 1 atom stereocenters. The monoisotopic (exact) mass is 383 g/mol. The predicted octanol–water partition coefficient (Wildman–Crippen LogP) is 3.39. The Hall–Kier alpha value is -2.40. The Morgan fingerprint density at radius 2 is 1.82 bits per heavy atom. The van der Waals surface area contributed by atoms with Gasteiger partial charge >= 0.3 is 0 Å². The Morgan fingerprint density at radius 1 is 1.11 bits per heavy atom. The van der Waals surface area contributed by atoms with E-state index in [2.05, 4.69) is 46.3 Å². The highest BCUT2D eigenvalue weighted by Crippen LogP contribution is 2.18. The molecule has 3 rings (SSSR count). The number of nitrogens with zero attached hydrogens (tertiary/aromatic N) is 2. The number of benzene rings is 2. The first-order chi connectivity index (χ1) is 13.5. The van der Waals surface area contributed by atoms with Gasteiger partial charge in [0.2, 0.25) is 5.91 Å². The maximum atomic E-state index is 12.9. The van der Waals surface area contributed by atoms with Crippen molar-refractivity contribution in [2.45, 2.75) is 32.7 Å². The molecule has 1 saturated heterocycles. The smallest absolute Gasteiger partial charge is 0.224 e. The topological polar surface area (TPSA) is 35.6 Å². The number of rotatable bonds is 7. The minimum atomic E-state index is -0.278. The average Bonchev–Trinajstić information content (AvgIpc) is 2.68. The van der Waals surface area contributed by atoms with Crippen LogP contribution < -0.4 is 10.2 Å². The molecule has 0 spiro atoms. The largest absolute Gasteiger partial charge is 0.369 e. The van der Waals surface area contributed by atoms with Crippen molar-refractivity contribution in [3.05, 3.63) is 65.5 Å². The van der Waals surface area contributed by atoms with E-state index >= 15 is 0 Å². The summed E-state index contributed by atoms with van der Waals surface area (Å²) in [4.78, 5) is 17.1. The Bertz CT molecular complexity index is 770. The van der Waals surface area contributed by atoms with Gasteiger partial charge in [-0.05, 0) is 55.7 Å². The molecule has 150 valence electrons. The Labute approximate surface area is 167 Å². The van der Waals surface area contributed by atoms with Crippen molar-refractivity contribution < 1.29 is 9.18 Å². The van der Waals surface area contributed by atoms with Crippen LogP contribution in [0.4, 0.5) is 10.1 Å². The number of nitrogens with one attached hydrogen (secondary N) is 1. The SMILES string of the molecule is Cc1cccc(N2CCN(CC[C@@H](C)NC(=O)Cc3ccc(F)cc3)CC2)c1. The summed E-state index contributed by atoms with van der Waals surface area (Å²) >= 11 is 0. The molecule has 0 aliphatic carbocycles. The van der Waals surface area contributed by atoms with Crippen LogP contribution in [0, 0.1) is 12.7 Å². The minimum absolute atomic E-state index is 0.0108. The summed E-state index contributed by atoms with van der Waals surface area (Å²) in [7, 11) is 0. The quantitative estimate of drug-likeness (QED) is 0.796. The molecule has 0 saturated carbocycles. The van der Waals surface area contributed by atoms with E-state index in [0.29, 0.717) is 6.42 Å². The molecule has 1 aliphatic heterocycles. The van der Waals surface area contributed by atoms with Crippen molar-refractivity contribution >= 4 is 11.6 Å². The molecule has 1 N–H and O–H groups in total. The number of carbonyl (C=O) groups is 1. The van der Waals surface area contributed by atoms with Crippen molar-refractivity contribution in [2.75, 3.05) is 37.6 Å². The summed E-state index contributed by atoms with van der Waals surface area (Å²) in [5.74, 6) is -0.289. The molecule has 0 bridgehead atoms. The molecule has 1 amide bonds. The number of piperazine rings is 1. The molecule has 0 radical (unpaired) electrons. The van der Waals surface area contributed by atoms with Crippen molar-refractivity contribution in [1.29, 1.82) is 0 Å². The Kier molecular flexibility index (Phi) is 7.04. The van der Waals surface area contributed by atoms with Crippen LogP contribution in [0.3, 0.4) is 0 Å². The summed E-state index contributed by atoms with van der Waals surface area (Å²) in [5.41, 5.74) is 3.43. The molecule has 28 heavy (non-hydrogen) atoms. The van der Waals surface area contributed by atoms with Crippen molar-refractivity contribution in [3.8, 4) is 0 Å². The first-order valence-electron chi connectivity index (χ1n) is 10.1. The van der Waals surface area contributed by atoms with Gasteiger partial charge in [0.1, 0.15) is 5.82 Å². The van der Waals surface area contributed by atoms with Gasteiger partial charge < -0.3 is 10.2 Å². The Morgan fingerprint density at radius 3 is 2.50 bits per heavy atom. The van der Waals surface area contributed by atoms with E-state index in [4.69, 9.17) is 0 Å². The van der Waals surface area contributed by atoms with Crippen LogP contribution in [0.15, 0.2) is 48.5 Å². The van der Waals surface area contributed by atoms with Crippen LogP contribution in [0.25, 0.3) is 0 Å². The molecule has 0 unspecified atom stereocenters. The molecule has 1 aliphatic rings. The zero-order chi connectivity index (χ0) is 19.9. The number of hydrogen-bond acceptors (Lipinski definition) is 3. The average molecular weight is 384 g/mol. The third-order valence-corrected chi connectivity index (χ3v) is 5.30. The third kappa shape index (κ3) is 6.06. The molecule has 2 aromatic rings. The highest BCUT2D eigenvalue weighted by atomic mass is 19.1. The van der Waals surface area contributed by atoms with Crippen LogP contribution in [-0.2, 0) is 11.2 Å². The third-order valence-electron chi connectivity index (χ3n) is 5.30. The standard InChI is InChI=1S/C23H30FN3O/c1-18-4-3-5-22(16-18)27-14-12-26(13-15-27)11-10-19(2)25-23(28)17-20-6-8-21(24)9-7-20/h3-9,16,19H,10-15,17H2,1-2H3,(H,25,28)/t19-/m1/s1. The first kappa shape index (κ1) is 20.3. The second-order valence-electron chi connectivity index (χ2n) is 7.73. The number of anilines is 1. The lowest BCUT2D eigenvalue weighted by Crippen LogP contribution is -2.47. The summed E-state index contributed by atoms with van der Waals surface area (Å²) < 4.78 is 12.9. The van der Waals surface area contributed by atoms with Crippen LogP contribution in [0.5, 0.6) is 0 Å². The normalized spacial score (nSPS) is 16.0. The summed E-state index contributed by atoms with van der Waals surface area (Å²) in [6, 6.07) is 14.9. The number of hydrogen-bond donors (Lipinski definition) is 1. The van der Waals surface area contributed by atoms with Gasteiger partial charge in [-0.15, -0.1) is 0 Å². The summed E-state index contributed by atoms with van der Waals surface area (Å²) in [6.07, 6.45) is 1.22. The van der Waals surface area contributed by atoms with Crippen LogP contribution in [-0.4, -0.2) is 49.6 Å². The maximum absolute atomic E-state index is 12.9. The van der Waals surface area contributed by atoms with E-state index in [1.807, 2.05) is 6.92 Å². The van der Waals surface area contributed by atoms with Gasteiger partial charge in [-0.25, -0.2) is 4.39 Å². The highest BCUT2D eigenvalue weighted by Gasteiger charge is 2.18. The lowest BCUT2D eigenvalue weighted by Gasteiger charge is -2.36. The highest BCUT2D eigenvalue weighted by molar-refractivity contribution is 5.78. The van der Waals surface area contributed by atoms with Gasteiger partial charge in [-0.1, -0.05) is 24.3 Å². The number of aryl methyl sites for hydroxylation is 1. The lowest BCUT2D eigenvalue weighted by molar-refractivity contribution is -0.121. The van der Waals surface area contributed by atoms with E-state index in [9.17, 15) is 9.18 Å². The molecule has 4 nitrogen and oxygen atoms in total. The van der Waals surface area contributed by atoms with Crippen LogP contribution in [0.2, 0.25) is 0 Å². The van der Waals surface area contributed by atoms with Gasteiger partial charge in [-0.2, -0.15) is 0 Å². The zero-order valence-electron chi connectivity index (χ0n) is 16.8. The molecule has 5 heteroatoms. The molecule has 1 fully saturated rings. The number of amides is 1. The second kappa shape index (κ2) is 9.69. The Balaban J connectivity index is 1.36. The molecule has 1 heterocycles. The zero-order valence-corrected chi connectivity index (χ0v) is 16.8. The van der Waals surface area contributed by atoms with E-state index in [0.717, 1.165) is 44.7 Å². The summed E-state index contributed by atoms with van der Waals surface area (Å²) in [6.45, 7) is 9.33. The van der Waals surface area contributed by atoms with Gasteiger partial charge in [0.05, 0.1) is 6.42 Å². The molecular formula is C23H30FN3O. The fourth-order valence-corrected chi connectivity index (χ4v) is 3.62. The first-order valence-corrected chi connectivity index (χ1v) is 10.1. The van der Waals surface area contributed by atoms with E-state index < -0.39 is 0 Å². The van der Waals surface area contributed by atoms with Crippen molar-refractivity contribution in [2.24, 2.45) is 0 Å².